The number of hydrogen-bond acceptors (Lipinski definition) is 4. The Hall–Kier alpha value is -0.810. The van der Waals surface area contributed by atoms with Crippen LogP contribution in [0, 0.1) is 0 Å². The Morgan fingerprint density at radius 1 is 1.38 bits per heavy atom. The van der Waals surface area contributed by atoms with Crippen LogP contribution in [-0.2, 0) is 4.74 Å². The van der Waals surface area contributed by atoms with Crippen molar-refractivity contribution in [2.24, 2.45) is 0 Å². The molecule has 0 saturated carbocycles. The van der Waals surface area contributed by atoms with Crippen LogP contribution in [0.1, 0.15) is 40.0 Å². The van der Waals surface area contributed by atoms with E-state index in [9.17, 15) is 15.0 Å². The zero-order chi connectivity index (χ0) is 12.3. The highest BCUT2D eigenvalue weighted by molar-refractivity contribution is 5.68. The minimum Gasteiger partial charge on any atom is -0.444 e. The summed E-state index contributed by atoms with van der Waals surface area (Å²) < 4.78 is 5.22. The molecule has 0 spiro atoms. The van der Waals surface area contributed by atoms with Crippen molar-refractivity contribution in [3.63, 3.8) is 0 Å². The Bertz CT molecular complexity index is 247. The van der Waals surface area contributed by atoms with E-state index in [1.54, 1.807) is 20.8 Å². The van der Waals surface area contributed by atoms with E-state index >= 15 is 0 Å². The molecular weight excluding hydrogens is 210 g/mol. The fourth-order valence-corrected chi connectivity index (χ4v) is 1.81. The molecule has 0 aromatic carbocycles. The van der Waals surface area contributed by atoms with Crippen molar-refractivity contribution < 1.29 is 19.7 Å². The number of nitrogens with zero attached hydrogens (tertiary/aromatic N) is 1. The Labute approximate surface area is 96.0 Å². The molecule has 1 unspecified atom stereocenters. The molecule has 1 aliphatic rings. The molecule has 1 heterocycles. The van der Waals surface area contributed by atoms with Gasteiger partial charge in [0.15, 0.2) is 6.29 Å². The number of ether oxygens (including phenoxy) is 1. The van der Waals surface area contributed by atoms with Gasteiger partial charge in [-0.2, -0.15) is 0 Å². The lowest BCUT2D eigenvalue weighted by Gasteiger charge is -2.37. The van der Waals surface area contributed by atoms with Crippen molar-refractivity contribution >= 4 is 6.09 Å². The Morgan fingerprint density at radius 3 is 2.50 bits per heavy atom. The van der Waals surface area contributed by atoms with E-state index < -0.39 is 24.0 Å². The van der Waals surface area contributed by atoms with Crippen molar-refractivity contribution in [1.82, 2.24) is 4.90 Å². The van der Waals surface area contributed by atoms with Gasteiger partial charge < -0.3 is 19.8 Å². The van der Waals surface area contributed by atoms with E-state index in [4.69, 9.17) is 4.74 Å². The average molecular weight is 231 g/mol. The average Bonchev–Trinajstić information content (AvgIpc) is 2.15. The number of piperidine rings is 1. The summed E-state index contributed by atoms with van der Waals surface area (Å²) in [5.74, 6) is 0. The second-order valence-electron chi connectivity index (χ2n) is 5.15. The molecule has 1 atom stereocenters. The van der Waals surface area contributed by atoms with Crippen LogP contribution >= 0.6 is 0 Å². The number of hydrogen-bond donors (Lipinski definition) is 2. The monoisotopic (exact) mass is 231 g/mol. The minimum absolute atomic E-state index is 0.467. The summed E-state index contributed by atoms with van der Waals surface area (Å²) in [6.07, 6.45) is 0.430. The van der Waals surface area contributed by atoms with Crippen LogP contribution < -0.4 is 0 Å². The smallest absolute Gasteiger partial charge is 0.410 e. The molecule has 16 heavy (non-hydrogen) atoms. The Kier molecular flexibility index (Phi) is 4.15. The maximum atomic E-state index is 11.8. The summed E-state index contributed by atoms with van der Waals surface area (Å²) in [5.41, 5.74) is -0.556. The summed E-state index contributed by atoms with van der Waals surface area (Å²) in [6.45, 7) is 5.90. The molecule has 1 aliphatic heterocycles. The van der Waals surface area contributed by atoms with E-state index in [1.165, 1.54) is 4.90 Å². The van der Waals surface area contributed by atoms with Crippen LogP contribution in [0.15, 0.2) is 0 Å². The van der Waals surface area contributed by atoms with Crippen molar-refractivity contribution in [1.29, 1.82) is 0 Å². The number of carbonyl (C=O) groups excluding carboxylic acids is 1. The SMILES string of the molecule is CC(C)(C)OC(=O)N1CCCCC1C(O)O. The van der Waals surface area contributed by atoms with Gasteiger partial charge in [-0.15, -0.1) is 0 Å². The fraction of sp³-hybridized carbons (Fsp3) is 0.909. The van der Waals surface area contributed by atoms with E-state index in [0.717, 1.165) is 12.8 Å². The van der Waals surface area contributed by atoms with Gasteiger partial charge in [-0.05, 0) is 40.0 Å². The third kappa shape index (κ3) is 3.64. The first-order chi connectivity index (χ1) is 7.31. The van der Waals surface area contributed by atoms with E-state index in [1.807, 2.05) is 0 Å². The van der Waals surface area contributed by atoms with Gasteiger partial charge in [0.25, 0.3) is 0 Å². The summed E-state index contributed by atoms with van der Waals surface area (Å²) >= 11 is 0. The quantitative estimate of drug-likeness (QED) is 0.663. The first-order valence-electron chi connectivity index (χ1n) is 5.67. The molecule has 0 aromatic rings. The van der Waals surface area contributed by atoms with Gasteiger partial charge in [0.1, 0.15) is 5.60 Å². The predicted molar refractivity (Wildman–Crippen MR) is 58.8 cm³/mol. The number of amides is 1. The number of carbonyl (C=O) groups is 1. The third-order valence-corrected chi connectivity index (χ3v) is 2.52. The van der Waals surface area contributed by atoms with Gasteiger partial charge in [-0.1, -0.05) is 0 Å². The van der Waals surface area contributed by atoms with E-state index in [-0.39, 0.29) is 0 Å². The normalized spacial score (nSPS) is 22.4. The first kappa shape index (κ1) is 13.3. The summed E-state index contributed by atoms with van der Waals surface area (Å²) in [4.78, 5) is 13.2. The number of aliphatic hydroxyl groups excluding tert-OH is 1. The maximum absolute atomic E-state index is 11.8. The van der Waals surface area contributed by atoms with Crippen LogP contribution in [0.5, 0.6) is 0 Å². The van der Waals surface area contributed by atoms with Gasteiger partial charge >= 0.3 is 6.09 Å². The molecule has 94 valence electrons. The molecule has 1 saturated heterocycles. The van der Waals surface area contributed by atoms with Gasteiger partial charge in [0.2, 0.25) is 0 Å². The molecule has 1 fully saturated rings. The molecule has 5 nitrogen and oxygen atoms in total. The van der Waals surface area contributed by atoms with Crippen LogP contribution in [0.2, 0.25) is 0 Å². The van der Waals surface area contributed by atoms with Gasteiger partial charge in [0.05, 0.1) is 6.04 Å². The lowest BCUT2D eigenvalue weighted by molar-refractivity contribution is -0.109. The Morgan fingerprint density at radius 2 is 2.00 bits per heavy atom. The fourth-order valence-electron chi connectivity index (χ4n) is 1.81. The van der Waals surface area contributed by atoms with Crippen LogP contribution in [0.3, 0.4) is 0 Å². The zero-order valence-electron chi connectivity index (χ0n) is 10.1. The topological polar surface area (TPSA) is 70.0 Å². The second kappa shape index (κ2) is 5.01. The van der Waals surface area contributed by atoms with Crippen molar-refractivity contribution in [2.45, 2.75) is 58.0 Å². The minimum atomic E-state index is -1.49. The molecule has 2 N–H and O–H groups in total. The molecule has 0 aromatic heterocycles. The van der Waals surface area contributed by atoms with Gasteiger partial charge in [0, 0.05) is 6.54 Å². The molecule has 0 radical (unpaired) electrons. The molecule has 0 aliphatic carbocycles. The molecular formula is C11H21NO4. The van der Waals surface area contributed by atoms with Crippen molar-refractivity contribution in [3.05, 3.63) is 0 Å². The first-order valence-corrected chi connectivity index (χ1v) is 5.67. The lowest BCUT2D eigenvalue weighted by Crippen LogP contribution is -2.51. The van der Waals surface area contributed by atoms with E-state index in [2.05, 4.69) is 0 Å². The molecule has 0 bridgehead atoms. The highest BCUT2D eigenvalue weighted by Gasteiger charge is 2.33. The molecule has 5 heteroatoms. The highest BCUT2D eigenvalue weighted by Crippen LogP contribution is 2.21. The highest BCUT2D eigenvalue weighted by atomic mass is 16.6. The van der Waals surface area contributed by atoms with Crippen LogP contribution in [-0.4, -0.2) is 45.7 Å². The van der Waals surface area contributed by atoms with Gasteiger partial charge in [-0.3, -0.25) is 0 Å². The molecule has 1 rings (SSSR count). The standard InChI is InChI=1S/C11H21NO4/c1-11(2,3)16-10(15)12-7-5-4-6-8(12)9(13)14/h8-9,13-14H,4-7H2,1-3H3. The van der Waals surface area contributed by atoms with Crippen LogP contribution in [0.25, 0.3) is 0 Å². The van der Waals surface area contributed by atoms with Crippen LogP contribution in [0.4, 0.5) is 4.79 Å². The number of aliphatic hydroxyl groups is 2. The summed E-state index contributed by atoms with van der Waals surface area (Å²) in [6, 6.07) is -0.538. The predicted octanol–water partition coefficient (Wildman–Crippen LogP) is 1.09. The number of rotatable bonds is 1. The second-order valence-corrected chi connectivity index (χ2v) is 5.15. The lowest BCUT2D eigenvalue weighted by atomic mass is 10.0. The van der Waals surface area contributed by atoms with E-state index in [0.29, 0.717) is 13.0 Å². The zero-order valence-corrected chi connectivity index (χ0v) is 10.1. The maximum Gasteiger partial charge on any atom is 0.410 e. The van der Waals surface area contributed by atoms with Crippen molar-refractivity contribution in [2.75, 3.05) is 6.54 Å². The number of likely N-dealkylation sites (tertiary alicyclic amines) is 1. The largest absolute Gasteiger partial charge is 0.444 e. The summed E-state index contributed by atoms with van der Waals surface area (Å²) in [5, 5.41) is 18.4. The Balaban J connectivity index is 2.64. The van der Waals surface area contributed by atoms with Gasteiger partial charge in [-0.25, -0.2) is 4.79 Å². The van der Waals surface area contributed by atoms with Crippen molar-refractivity contribution in [3.8, 4) is 0 Å². The third-order valence-electron chi connectivity index (χ3n) is 2.52. The summed E-state index contributed by atoms with van der Waals surface area (Å²) in [7, 11) is 0. The molecule has 1 amide bonds.